The van der Waals surface area contributed by atoms with E-state index in [9.17, 15) is 9.18 Å². The molecule has 0 radical (unpaired) electrons. The van der Waals surface area contributed by atoms with Crippen LogP contribution in [-0.2, 0) is 4.79 Å². The molecule has 0 aromatic heterocycles. The minimum atomic E-state index is -1.74. The summed E-state index contributed by atoms with van der Waals surface area (Å²) in [5.74, 6) is -1.92. The van der Waals surface area contributed by atoms with Crippen LogP contribution < -0.4 is 4.74 Å². The molecule has 5 heteroatoms. The maximum atomic E-state index is 12.9. The Morgan fingerprint density at radius 1 is 1.50 bits per heavy atom. The van der Waals surface area contributed by atoms with Gasteiger partial charge in [0.15, 0.2) is 6.10 Å². The van der Waals surface area contributed by atoms with Crippen molar-refractivity contribution in [1.82, 2.24) is 0 Å². The Morgan fingerprint density at radius 3 is 2.64 bits per heavy atom. The van der Waals surface area contributed by atoms with Gasteiger partial charge in [-0.15, -0.1) is 0 Å². The van der Waals surface area contributed by atoms with Crippen LogP contribution in [-0.4, -0.2) is 23.3 Å². The zero-order valence-corrected chi connectivity index (χ0v) is 7.40. The normalized spacial score (nSPS) is 12.2. The van der Waals surface area contributed by atoms with Crippen molar-refractivity contribution in [1.29, 1.82) is 0 Å². The van der Waals surface area contributed by atoms with E-state index in [0.29, 0.717) is 0 Å². The molecule has 1 aromatic carbocycles. The van der Waals surface area contributed by atoms with Crippen LogP contribution in [0.25, 0.3) is 0 Å². The third-order valence-corrected chi connectivity index (χ3v) is 1.68. The van der Waals surface area contributed by atoms with Gasteiger partial charge in [0.25, 0.3) is 0 Å². The first-order valence-electron chi connectivity index (χ1n) is 3.80. The fraction of sp³-hybridized carbons (Fsp3) is 0.222. The van der Waals surface area contributed by atoms with Gasteiger partial charge in [-0.25, -0.2) is 9.18 Å². The van der Waals surface area contributed by atoms with Crippen molar-refractivity contribution in [3.8, 4) is 5.75 Å². The molecular weight excluding hydrogens is 191 g/mol. The zero-order valence-electron chi connectivity index (χ0n) is 7.40. The largest absolute Gasteiger partial charge is 0.497 e. The van der Waals surface area contributed by atoms with E-state index in [0.717, 1.165) is 12.1 Å². The molecule has 0 aliphatic rings. The summed E-state index contributed by atoms with van der Waals surface area (Å²) < 4.78 is 17.6. The van der Waals surface area contributed by atoms with Crippen molar-refractivity contribution in [2.45, 2.75) is 6.10 Å². The number of hydrogen-bond acceptors (Lipinski definition) is 3. The number of carboxylic acids is 1. The standard InChI is InChI=1S/C9H9FO4/c1-14-7-3-5(2-6(10)4-7)8(11)9(12)13/h2-4,8,11H,1H3,(H,12,13)/t8-/m0/s1. The lowest BCUT2D eigenvalue weighted by Gasteiger charge is -2.07. The molecule has 0 fully saturated rings. The number of aliphatic hydroxyl groups is 1. The van der Waals surface area contributed by atoms with E-state index in [-0.39, 0.29) is 11.3 Å². The number of hydrogen-bond donors (Lipinski definition) is 2. The first kappa shape index (κ1) is 10.5. The molecule has 0 aliphatic carbocycles. The van der Waals surface area contributed by atoms with Gasteiger partial charge in [0.05, 0.1) is 7.11 Å². The molecule has 0 saturated heterocycles. The van der Waals surface area contributed by atoms with Crippen LogP contribution in [0.5, 0.6) is 5.75 Å². The van der Waals surface area contributed by atoms with Crippen molar-refractivity contribution in [3.05, 3.63) is 29.6 Å². The fourth-order valence-corrected chi connectivity index (χ4v) is 1.00. The van der Waals surface area contributed by atoms with Crippen LogP contribution in [0.4, 0.5) is 4.39 Å². The van der Waals surface area contributed by atoms with Gasteiger partial charge in [0, 0.05) is 6.07 Å². The van der Waals surface area contributed by atoms with Gasteiger partial charge in [-0.1, -0.05) is 0 Å². The molecule has 0 unspecified atom stereocenters. The first-order valence-corrected chi connectivity index (χ1v) is 3.80. The summed E-state index contributed by atoms with van der Waals surface area (Å²) in [7, 11) is 1.33. The second-order valence-electron chi connectivity index (χ2n) is 2.67. The van der Waals surface area contributed by atoms with Crippen LogP contribution in [0.3, 0.4) is 0 Å². The average Bonchev–Trinajstić information content (AvgIpc) is 2.15. The predicted molar refractivity (Wildman–Crippen MR) is 45.5 cm³/mol. The lowest BCUT2D eigenvalue weighted by atomic mass is 10.1. The molecule has 0 aliphatic heterocycles. The summed E-state index contributed by atoms with van der Waals surface area (Å²) in [6.07, 6.45) is -1.74. The molecule has 4 nitrogen and oxygen atoms in total. The quantitative estimate of drug-likeness (QED) is 0.762. The van der Waals surface area contributed by atoms with Crippen molar-refractivity contribution in [3.63, 3.8) is 0 Å². The smallest absolute Gasteiger partial charge is 0.337 e. The Morgan fingerprint density at radius 2 is 2.14 bits per heavy atom. The van der Waals surface area contributed by atoms with Gasteiger partial charge in [-0.05, 0) is 17.7 Å². The molecule has 14 heavy (non-hydrogen) atoms. The van der Waals surface area contributed by atoms with Gasteiger partial charge in [-0.2, -0.15) is 0 Å². The Kier molecular flexibility index (Phi) is 3.03. The summed E-state index contributed by atoms with van der Waals surface area (Å²) in [5, 5.41) is 17.6. The zero-order chi connectivity index (χ0) is 10.7. The minimum Gasteiger partial charge on any atom is -0.497 e. The Labute approximate surface area is 79.6 Å². The number of rotatable bonds is 3. The van der Waals surface area contributed by atoms with Crippen molar-refractivity contribution >= 4 is 5.97 Å². The highest BCUT2D eigenvalue weighted by Gasteiger charge is 2.17. The highest BCUT2D eigenvalue weighted by Crippen LogP contribution is 2.21. The molecule has 0 amide bonds. The molecule has 0 bridgehead atoms. The van der Waals surface area contributed by atoms with Crippen molar-refractivity contribution in [2.75, 3.05) is 7.11 Å². The molecule has 0 spiro atoms. The monoisotopic (exact) mass is 200 g/mol. The number of aliphatic hydroxyl groups excluding tert-OH is 1. The van der Waals surface area contributed by atoms with E-state index >= 15 is 0 Å². The summed E-state index contributed by atoms with van der Waals surface area (Å²) in [5.41, 5.74) is -0.0469. The Balaban J connectivity index is 3.08. The van der Waals surface area contributed by atoms with Gasteiger partial charge >= 0.3 is 5.97 Å². The second kappa shape index (κ2) is 4.06. The number of carboxylic acid groups (broad SMARTS) is 1. The van der Waals surface area contributed by atoms with Crippen LogP contribution in [0, 0.1) is 5.82 Å². The van der Waals surface area contributed by atoms with Crippen LogP contribution in [0.1, 0.15) is 11.7 Å². The van der Waals surface area contributed by atoms with Crippen LogP contribution in [0.2, 0.25) is 0 Å². The van der Waals surface area contributed by atoms with E-state index in [2.05, 4.69) is 0 Å². The number of methoxy groups -OCH3 is 1. The molecule has 0 saturated carbocycles. The van der Waals surface area contributed by atoms with Crippen LogP contribution >= 0.6 is 0 Å². The van der Waals surface area contributed by atoms with E-state index in [4.69, 9.17) is 14.9 Å². The summed E-state index contributed by atoms with van der Waals surface area (Å²) in [6.45, 7) is 0. The lowest BCUT2D eigenvalue weighted by molar-refractivity contribution is -0.146. The summed E-state index contributed by atoms with van der Waals surface area (Å²) in [6, 6.07) is 3.31. The minimum absolute atomic E-state index is 0.0469. The number of ether oxygens (including phenoxy) is 1. The number of halogens is 1. The maximum absolute atomic E-state index is 12.9. The highest BCUT2D eigenvalue weighted by atomic mass is 19.1. The molecular formula is C9H9FO4. The summed E-state index contributed by atoms with van der Waals surface area (Å²) >= 11 is 0. The van der Waals surface area contributed by atoms with Gasteiger partial charge < -0.3 is 14.9 Å². The van der Waals surface area contributed by atoms with Crippen molar-refractivity contribution < 1.29 is 24.1 Å². The van der Waals surface area contributed by atoms with Crippen LogP contribution in [0.15, 0.2) is 18.2 Å². The topological polar surface area (TPSA) is 66.8 Å². The van der Waals surface area contributed by atoms with E-state index in [1.807, 2.05) is 0 Å². The highest BCUT2D eigenvalue weighted by molar-refractivity contribution is 5.74. The second-order valence-corrected chi connectivity index (χ2v) is 2.67. The molecule has 2 N–H and O–H groups in total. The number of benzene rings is 1. The average molecular weight is 200 g/mol. The maximum Gasteiger partial charge on any atom is 0.337 e. The van der Waals surface area contributed by atoms with Gasteiger partial charge in [-0.3, -0.25) is 0 Å². The third kappa shape index (κ3) is 2.20. The first-order chi connectivity index (χ1) is 6.54. The molecule has 1 rings (SSSR count). The molecule has 0 heterocycles. The third-order valence-electron chi connectivity index (χ3n) is 1.68. The van der Waals surface area contributed by atoms with E-state index in [1.54, 1.807) is 0 Å². The van der Waals surface area contributed by atoms with Crippen molar-refractivity contribution in [2.24, 2.45) is 0 Å². The molecule has 1 aromatic rings. The number of carbonyl (C=O) groups is 1. The van der Waals surface area contributed by atoms with Gasteiger partial charge in [0.1, 0.15) is 11.6 Å². The van der Waals surface area contributed by atoms with Gasteiger partial charge in [0.2, 0.25) is 0 Å². The lowest BCUT2D eigenvalue weighted by Crippen LogP contribution is -2.10. The Bertz CT molecular complexity index is 351. The number of aliphatic carboxylic acids is 1. The predicted octanol–water partition coefficient (Wildman–Crippen LogP) is 0.952. The Hall–Kier alpha value is -1.62. The molecule has 1 atom stereocenters. The van der Waals surface area contributed by atoms with E-state index < -0.39 is 17.9 Å². The SMILES string of the molecule is COc1cc(F)cc([C@H](O)C(=O)O)c1. The molecule has 76 valence electrons. The van der Waals surface area contributed by atoms with E-state index in [1.165, 1.54) is 13.2 Å². The fourth-order valence-electron chi connectivity index (χ4n) is 1.00. The summed E-state index contributed by atoms with van der Waals surface area (Å²) in [4.78, 5) is 10.4.